The third kappa shape index (κ3) is 3.70. The Morgan fingerprint density at radius 2 is 1.81 bits per heavy atom. The summed E-state index contributed by atoms with van der Waals surface area (Å²) in [5.41, 5.74) is 0. The van der Waals surface area contributed by atoms with E-state index in [4.69, 9.17) is 9.47 Å². The van der Waals surface area contributed by atoms with E-state index in [1.807, 2.05) is 9.80 Å². The molecule has 1 aromatic rings. The molecule has 2 aliphatic heterocycles. The van der Waals surface area contributed by atoms with Gasteiger partial charge in [0.05, 0.1) is 32.6 Å². The highest BCUT2D eigenvalue weighted by Crippen LogP contribution is 2.26. The van der Waals surface area contributed by atoms with Crippen molar-refractivity contribution in [1.29, 1.82) is 0 Å². The SMILES string of the molecule is COc1cnc(OC2CN(C(=O)N3CCCN(C4CCC4)CC3)C2)nc1. The number of methoxy groups -OCH3 is 1. The molecule has 142 valence electrons. The molecule has 26 heavy (non-hydrogen) atoms. The number of hydrogen-bond donors (Lipinski definition) is 0. The summed E-state index contributed by atoms with van der Waals surface area (Å²) in [4.78, 5) is 27.3. The van der Waals surface area contributed by atoms with Crippen LogP contribution in [0.4, 0.5) is 4.79 Å². The number of likely N-dealkylation sites (tertiary alicyclic amines) is 1. The average molecular weight is 361 g/mol. The number of urea groups is 1. The van der Waals surface area contributed by atoms with Gasteiger partial charge in [-0.1, -0.05) is 6.42 Å². The van der Waals surface area contributed by atoms with Crippen molar-refractivity contribution in [3.8, 4) is 11.8 Å². The predicted octanol–water partition coefficient (Wildman–Crippen LogP) is 1.23. The molecule has 2 saturated heterocycles. The van der Waals surface area contributed by atoms with Gasteiger partial charge in [0.15, 0.2) is 5.75 Å². The highest BCUT2D eigenvalue weighted by Gasteiger charge is 2.36. The minimum atomic E-state index is -0.0363. The van der Waals surface area contributed by atoms with Crippen LogP contribution in [0.25, 0.3) is 0 Å². The lowest BCUT2D eigenvalue weighted by Crippen LogP contribution is -2.60. The van der Waals surface area contributed by atoms with Crippen LogP contribution < -0.4 is 9.47 Å². The molecule has 8 heteroatoms. The van der Waals surface area contributed by atoms with E-state index < -0.39 is 0 Å². The van der Waals surface area contributed by atoms with Crippen LogP contribution in [-0.4, -0.2) is 89.2 Å². The zero-order valence-electron chi connectivity index (χ0n) is 15.3. The van der Waals surface area contributed by atoms with E-state index in [1.165, 1.54) is 19.3 Å². The molecular formula is C18H27N5O3. The molecule has 3 heterocycles. The van der Waals surface area contributed by atoms with Gasteiger partial charge in [-0.15, -0.1) is 0 Å². The maximum absolute atomic E-state index is 12.7. The Balaban J connectivity index is 1.22. The van der Waals surface area contributed by atoms with Crippen LogP contribution in [-0.2, 0) is 0 Å². The first-order chi connectivity index (χ1) is 12.7. The van der Waals surface area contributed by atoms with Crippen LogP contribution >= 0.6 is 0 Å². The standard InChI is InChI=1S/C18H27N5O3/c1-25-15-10-19-17(20-11-15)26-16-12-23(13-16)18(24)22-7-3-6-21(8-9-22)14-4-2-5-14/h10-11,14,16H,2-9,12-13H2,1H3. The fourth-order valence-electron chi connectivity index (χ4n) is 3.73. The second kappa shape index (κ2) is 7.65. The van der Waals surface area contributed by atoms with E-state index in [-0.39, 0.29) is 12.1 Å². The maximum Gasteiger partial charge on any atom is 0.320 e. The van der Waals surface area contributed by atoms with Crippen LogP contribution in [0.1, 0.15) is 25.7 Å². The summed E-state index contributed by atoms with van der Waals surface area (Å²) in [6, 6.07) is 1.22. The minimum Gasteiger partial charge on any atom is -0.494 e. The summed E-state index contributed by atoms with van der Waals surface area (Å²) in [5.74, 6) is 0.597. The summed E-state index contributed by atoms with van der Waals surface area (Å²) in [6.45, 7) is 5.00. The van der Waals surface area contributed by atoms with E-state index in [1.54, 1.807) is 19.5 Å². The number of hydrogen-bond acceptors (Lipinski definition) is 6. The lowest BCUT2D eigenvalue weighted by molar-refractivity contribution is 0.0254. The van der Waals surface area contributed by atoms with Crippen molar-refractivity contribution >= 4 is 6.03 Å². The van der Waals surface area contributed by atoms with E-state index in [9.17, 15) is 4.79 Å². The number of carbonyl (C=O) groups is 1. The van der Waals surface area contributed by atoms with Gasteiger partial charge >= 0.3 is 12.0 Å². The zero-order chi connectivity index (χ0) is 17.9. The summed E-state index contributed by atoms with van der Waals surface area (Å²) >= 11 is 0. The summed E-state index contributed by atoms with van der Waals surface area (Å²) < 4.78 is 10.7. The van der Waals surface area contributed by atoms with Gasteiger partial charge in [0.25, 0.3) is 0 Å². The second-order valence-electron chi connectivity index (χ2n) is 7.29. The van der Waals surface area contributed by atoms with Crippen LogP contribution in [0, 0.1) is 0 Å². The molecule has 0 bridgehead atoms. The second-order valence-corrected chi connectivity index (χ2v) is 7.29. The topological polar surface area (TPSA) is 71.0 Å². The molecule has 0 N–H and O–H groups in total. The quantitative estimate of drug-likeness (QED) is 0.803. The van der Waals surface area contributed by atoms with Gasteiger partial charge in [-0.2, -0.15) is 9.97 Å². The molecule has 0 aromatic carbocycles. The highest BCUT2D eigenvalue weighted by atomic mass is 16.5. The summed E-state index contributed by atoms with van der Waals surface area (Å²) in [5, 5.41) is 0. The molecule has 0 spiro atoms. The van der Waals surface area contributed by atoms with Crippen molar-refractivity contribution in [2.75, 3.05) is 46.4 Å². The Bertz CT molecular complexity index is 616. The Labute approximate surface area is 154 Å². The van der Waals surface area contributed by atoms with Crippen molar-refractivity contribution in [2.24, 2.45) is 0 Å². The first-order valence-electron chi connectivity index (χ1n) is 9.53. The number of ether oxygens (including phenoxy) is 2. The van der Waals surface area contributed by atoms with Gasteiger partial charge in [0.2, 0.25) is 0 Å². The van der Waals surface area contributed by atoms with Crippen molar-refractivity contribution in [2.45, 2.75) is 37.8 Å². The number of amides is 2. The lowest BCUT2D eigenvalue weighted by atomic mass is 9.91. The Hall–Kier alpha value is -2.09. The van der Waals surface area contributed by atoms with Gasteiger partial charge in [-0.25, -0.2) is 4.79 Å². The third-order valence-electron chi connectivity index (χ3n) is 5.62. The van der Waals surface area contributed by atoms with Gasteiger partial charge in [-0.3, -0.25) is 4.90 Å². The number of nitrogens with zero attached hydrogens (tertiary/aromatic N) is 5. The van der Waals surface area contributed by atoms with Crippen molar-refractivity contribution in [1.82, 2.24) is 24.7 Å². The Morgan fingerprint density at radius 3 is 2.46 bits per heavy atom. The molecule has 1 aromatic heterocycles. The monoisotopic (exact) mass is 361 g/mol. The zero-order valence-corrected chi connectivity index (χ0v) is 15.3. The fourth-order valence-corrected chi connectivity index (χ4v) is 3.73. The molecule has 4 rings (SSSR count). The molecule has 0 unspecified atom stereocenters. The van der Waals surface area contributed by atoms with Gasteiger partial charge in [-0.05, 0) is 19.3 Å². The van der Waals surface area contributed by atoms with Gasteiger partial charge in [0, 0.05) is 32.2 Å². The third-order valence-corrected chi connectivity index (χ3v) is 5.62. The first kappa shape index (κ1) is 17.3. The molecule has 8 nitrogen and oxygen atoms in total. The van der Waals surface area contributed by atoms with Crippen LogP contribution in [0.2, 0.25) is 0 Å². The predicted molar refractivity (Wildman–Crippen MR) is 95.4 cm³/mol. The molecule has 3 aliphatic rings. The number of carbonyl (C=O) groups excluding carboxylic acids is 1. The normalized spacial score (nSPS) is 22.3. The molecule has 2 amide bonds. The van der Waals surface area contributed by atoms with E-state index in [0.717, 1.165) is 38.6 Å². The summed E-state index contributed by atoms with van der Waals surface area (Å²) in [6.07, 6.45) is 8.20. The lowest BCUT2D eigenvalue weighted by Gasteiger charge is -2.41. The van der Waals surface area contributed by atoms with Gasteiger partial charge < -0.3 is 19.3 Å². The van der Waals surface area contributed by atoms with Crippen LogP contribution in [0.3, 0.4) is 0 Å². The molecule has 1 saturated carbocycles. The maximum atomic E-state index is 12.7. The first-order valence-corrected chi connectivity index (χ1v) is 9.53. The number of rotatable bonds is 4. The van der Waals surface area contributed by atoms with E-state index >= 15 is 0 Å². The average Bonchev–Trinajstić information content (AvgIpc) is 2.82. The molecule has 0 radical (unpaired) electrons. The van der Waals surface area contributed by atoms with Crippen molar-refractivity contribution in [3.05, 3.63) is 12.4 Å². The largest absolute Gasteiger partial charge is 0.494 e. The highest BCUT2D eigenvalue weighted by molar-refractivity contribution is 5.75. The minimum absolute atomic E-state index is 0.0363. The van der Waals surface area contributed by atoms with Crippen molar-refractivity contribution in [3.63, 3.8) is 0 Å². The van der Waals surface area contributed by atoms with Crippen LogP contribution in [0.5, 0.6) is 11.8 Å². The van der Waals surface area contributed by atoms with Gasteiger partial charge in [0.1, 0.15) is 6.10 Å². The number of aromatic nitrogens is 2. The molecular weight excluding hydrogens is 334 g/mol. The van der Waals surface area contributed by atoms with Crippen molar-refractivity contribution < 1.29 is 14.3 Å². The smallest absolute Gasteiger partial charge is 0.320 e. The van der Waals surface area contributed by atoms with Crippen LogP contribution in [0.15, 0.2) is 12.4 Å². The Kier molecular flexibility index (Phi) is 5.10. The van der Waals surface area contributed by atoms with E-state index in [0.29, 0.717) is 24.8 Å². The summed E-state index contributed by atoms with van der Waals surface area (Å²) in [7, 11) is 1.57. The molecule has 1 aliphatic carbocycles. The molecule has 3 fully saturated rings. The molecule has 0 atom stereocenters. The fraction of sp³-hybridized carbons (Fsp3) is 0.722. The van der Waals surface area contributed by atoms with E-state index in [2.05, 4.69) is 14.9 Å². The Morgan fingerprint density at radius 1 is 1.04 bits per heavy atom.